The number of anilines is 1. The number of rotatable bonds is 4. The number of carbonyl (C=O) groups is 1. The molecular formula is C22H27ClN4O2. The molecule has 2 unspecified atom stereocenters. The van der Waals surface area contributed by atoms with Crippen molar-refractivity contribution in [1.29, 1.82) is 0 Å². The first-order valence-electron chi connectivity index (χ1n) is 10.1. The van der Waals surface area contributed by atoms with Gasteiger partial charge < -0.3 is 14.5 Å². The Morgan fingerprint density at radius 2 is 1.79 bits per heavy atom. The van der Waals surface area contributed by atoms with E-state index in [0.29, 0.717) is 11.6 Å². The van der Waals surface area contributed by atoms with Gasteiger partial charge in [0.2, 0.25) is 5.91 Å². The lowest BCUT2D eigenvalue weighted by atomic mass is 9.93. The van der Waals surface area contributed by atoms with Gasteiger partial charge in [0.1, 0.15) is 5.75 Å². The summed E-state index contributed by atoms with van der Waals surface area (Å²) in [6.45, 7) is 3.92. The van der Waals surface area contributed by atoms with E-state index in [9.17, 15) is 4.79 Å². The smallest absolute Gasteiger partial charge is 0.229 e. The highest BCUT2D eigenvalue weighted by Gasteiger charge is 2.36. The summed E-state index contributed by atoms with van der Waals surface area (Å²) in [6.07, 6.45) is 0.955. The van der Waals surface area contributed by atoms with Crippen molar-refractivity contribution in [2.75, 3.05) is 44.7 Å². The number of nitrogens with one attached hydrogen (secondary N) is 2. The highest BCUT2D eigenvalue weighted by atomic mass is 35.5. The molecule has 2 aromatic carbocycles. The van der Waals surface area contributed by atoms with Gasteiger partial charge in [0.25, 0.3) is 0 Å². The van der Waals surface area contributed by atoms with E-state index < -0.39 is 0 Å². The first-order valence-corrected chi connectivity index (χ1v) is 10.4. The number of methoxy groups -OCH3 is 1. The summed E-state index contributed by atoms with van der Waals surface area (Å²) in [5.41, 5.74) is 8.67. The van der Waals surface area contributed by atoms with Crippen molar-refractivity contribution >= 4 is 23.2 Å². The van der Waals surface area contributed by atoms with Gasteiger partial charge in [-0.1, -0.05) is 23.7 Å². The number of hydrogen-bond acceptors (Lipinski definition) is 5. The zero-order valence-electron chi connectivity index (χ0n) is 16.6. The van der Waals surface area contributed by atoms with Crippen LogP contribution in [0.25, 0.3) is 0 Å². The predicted octanol–water partition coefficient (Wildman–Crippen LogP) is 2.85. The van der Waals surface area contributed by atoms with Crippen LogP contribution in [0.5, 0.6) is 5.75 Å². The Morgan fingerprint density at radius 1 is 1.03 bits per heavy atom. The summed E-state index contributed by atoms with van der Waals surface area (Å²) in [6, 6.07) is 15.8. The molecule has 2 aliphatic heterocycles. The van der Waals surface area contributed by atoms with Crippen LogP contribution < -0.4 is 20.5 Å². The maximum Gasteiger partial charge on any atom is 0.229 e. The second-order valence-corrected chi connectivity index (χ2v) is 7.96. The molecule has 0 radical (unpaired) electrons. The van der Waals surface area contributed by atoms with Crippen molar-refractivity contribution in [2.45, 2.75) is 12.5 Å². The maximum absolute atomic E-state index is 13.3. The third kappa shape index (κ3) is 4.50. The van der Waals surface area contributed by atoms with Crippen molar-refractivity contribution in [3.63, 3.8) is 0 Å². The van der Waals surface area contributed by atoms with Crippen LogP contribution in [0, 0.1) is 5.92 Å². The fourth-order valence-electron chi connectivity index (χ4n) is 4.14. The topological polar surface area (TPSA) is 56.8 Å². The molecule has 2 aromatic rings. The van der Waals surface area contributed by atoms with Gasteiger partial charge in [0.15, 0.2) is 0 Å². The number of hydrazine groups is 1. The molecular weight excluding hydrogens is 388 g/mol. The van der Waals surface area contributed by atoms with Gasteiger partial charge >= 0.3 is 0 Å². The Bertz CT molecular complexity index is 828. The van der Waals surface area contributed by atoms with Crippen LogP contribution in [-0.2, 0) is 4.79 Å². The molecule has 0 bridgehead atoms. The SMILES string of the molecule is COc1ccc(N2CCCN(C(=O)C3CNNC3c3ccc(Cl)cc3)CC2)cc1. The standard InChI is InChI=1S/C22H27ClN4O2/c1-29-19-9-7-18(8-10-19)26-11-2-12-27(14-13-26)22(28)20-15-24-25-21(20)16-3-5-17(23)6-4-16/h3-10,20-21,24-25H,2,11-15H2,1H3. The Labute approximate surface area is 176 Å². The fourth-order valence-corrected chi connectivity index (χ4v) is 4.26. The van der Waals surface area contributed by atoms with Crippen LogP contribution in [0.15, 0.2) is 48.5 Å². The van der Waals surface area contributed by atoms with Crippen LogP contribution in [0.3, 0.4) is 0 Å². The Morgan fingerprint density at radius 3 is 2.52 bits per heavy atom. The van der Waals surface area contributed by atoms with E-state index in [1.165, 1.54) is 5.69 Å². The van der Waals surface area contributed by atoms with Crippen molar-refractivity contribution in [1.82, 2.24) is 15.8 Å². The highest BCUT2D eigenvalue weighted by Crippen LogP contribution is 2.28. The van der Waals surface area contributed by atoms with E-state index in [4.69, 9.17) is 16.3 Å². The minimum absolute atomic E-state index is 0.0410. The fraction of sp³-hybridized carbons (Fsp3) is 0.409. The van der Waals surface area contributed by atoms with Gasteiger partial charge in [-0.15, -0.1) is 0 Å². The summed E-state index contributed by atoms with van der Waals surface area (Å²) in [5, 5.41) is 0.703. The van der Waals surface area contributed by atoms with E-state index in [-0.39, 0.29) is 17.9 Å². The summed E-state index contributed by atoms with van der Waals surface area (Å²) in [5.74, 6) is 0.942. The van der Waals surface area contributed by atoms with E-state index in [0.717, 1.165) is 43.9 Å². The molecule has 29 heavy (non-hydrogen) atoms. The molecule has 0 spiro atoms. The lowest BCUT2D eigenvalue weighted by Gasteiger charge is -2.27. The Balaban J connectivity index is 1.41. The van der Waals surface area contributed by atoms with Gasteiger partial charge in [0.05, 0.1) is 19.1 Å². The number of amides is 1. The van der Waals surface area contributed by atoms with E-state index in [2.05, 4.69) is 27.9 Å². The number of nitrogens with zero attached hydrogens (tertiary/aromatic N) is 2. The van der Waals surface area contributed by atoms with Gasteiger partial charge in [-0.25, -0.2) is 5.43 Å². The summed E-state index contributed by atoms with van der Waals surface area (Å²) in [4.78, 5) is 17.7. The summed E-state index contributed by atoms with van der Waals surface area (Å²) in [7, 11) is 1.68. The first kappa shape index (κ1) is 20.0. The van der Waals surface area contributed by atoms with Crippen LogP contribution in [0.4, 0.5) is 5.69 Å². The second kappa shape index (κ2) is 9.03. The Kier molecular flexibility index (Phi) is 6.23. The minimum atomic E-state index is -0.122. The van der Waals surface area contributed by atoms with E-state index in [1.807, 2.05) is 41.3 Å². The normalized spacial score (nSPS) is 22.4. The molecule has 7 heteroatoms. The summed E-state index contributed by atoms with van der Waals surface area (Å²) >= 11 is 6.02. The molecule has 2 aliphatic rings. The molecule has 0 aromatic heterocycles. The third-order valence-electron chi connectivity index (χ3n) is 5.77. The molecule has 0 saturated carbocycles. The van der Waals surface area contributed by atoms with Gasteiger partial charge in [0, 0.05) is 43.4 Å². The maximum atomic E-state index is 13.3. The largest absolute Gasteiger partial charge is 0.497 e. The molecule has 1 amide bonds. The average molecular weight is 415 g/mol. The van der Waals surface area contributed by atoms with Crippen molar-refractivity contribution in [3.05, 3.63) is 59.1 Å². The molecule has 2 N–H and O–H groups in total. The number of benzene rings is 2. The molecule has 2 fully saturated rings. The van der Waals surface area contributed by atoms with Gasteiger partial charge in [-0.3, -0.25) is 10.2 Å². The van der Waals surface area contributed by atoms with Gasteiger partial charge in [-0.2, -0.15) is 0 Å². The number of carbonyl (C=O) groups excluding carboxylic acids is 1. The number of hydrogen-bond donors (Lipinski definition) is 2. The number of halogens is 1. The number of ether oxygens (including phenoxy) is 1. The molecule has 2 heterocycles. The lowest BCUT2D eigenvalue weighted by molar-refractivity contribution is -0.135. The van der Waals surface area contributed by atoms with Crippen molar-refractivity contribution in [2.24, 2.45) is 5.92 Å². The predicted molar refractivity (Wildman–Crippen MR) is 115 cm³/mol. The zero-order chi connectivity index (χ0) is 20.2. The second-order valence-electron chi connectivity index (χ2n) is 7.52. The third-order valence-corrected chi connectivity index (χ3v) is 6.03. The molecule has 0 aliphatic carbocycles. The van der Waals surface area contributed by atoms with E-state index >= 15 is 0 Å². The lowest BCUT2D eigenvalue weighted by Crippen LogP contribution is -2.41. The van der Waals surface area contributed by atoms with Crippen LogP contribution in [0.2, 0.25) is 5.02 Å². The average Bonchev–Trinajstić information content (AvgIpc) is 3.11. The van der Waals surface area contributed by atoms with Crippen molar-refractivity contribution in [3.8, 4) is 5.75 Å². The summed E-state index contributed by atoms with van der Waals surface area (Å²) < 4.78 is 5.25. The molecule has 2 atom stereocenters. The first-order chi connectivity index (χ1) is 14.2. The zero-order valence-corrected chi connectivity index (χ0v) is 17.4. The Hall–Kier alpha value is -2.28. The van der Waals surface area contributed by atoms with Crippen LogP contribution in [0.1, 0.15) is 18.0 Å². The van der Waals surface area contributed by atoms with Gasteiger partial charge in [-0.05, 0) is 48.4 Å². The quantitative estimate of drug-likeness (QED) is 0.805. The monoisotopic (exact) mass is 414 g/mol. The minimum Gasteiger partial charge on any atom is -0.497 e. The molecule has 4 rings (SSSR count). The van der Waals surface area contributed by atoms with E-state index in [1.54, 1.807) is 7.11 Å². The molecule has 154 valence electrons. The highest BCUT2D eigenvalue weighted by molar-refractivity contribution is 6.30. The van der Waals surface area contributed by atoms with Crippen LogP contribution >= 0.6 is 11.6 Å². The van der Waals surface area contributed by atoms with Crippen molar-refractivity contribution < 1.29 is 9.53 Å². The van der Waals surface area contributed by atoms with Crippen LogP contribution in [-0.4, -0.2) is 50.6 Å². The molecule has 2 saturated heterocycles. The molecule has 6 nitrogen and oxygen atoms in total.